The van der Waals surface area contributed by atoms with E-state index in [1.54, 1.807) is 12.1 Å². The second-order valence-electron chi connectivity index (χ2n) is 5.27. The van der Waals surface area contributed by atoms with Crippen LogP contribution in [0.25, 0.3) is 0 Å². The van der Waals surface area contributed by atoms with Crippen molar-refractivity contribution in [2.24, 2.45) is 0 Å². The molecule has 0 saturated carbocycles. The predicted octanol–water partition coefficient (Wildman–Crippen LogP) is 4.00. The van der Waals surface area contributed by atoms with Crippen molar-refractivity contribution in [3.05, 3.63) is 40.7 Å². The Morgan fingerprint density at radius 2 is 1.86 bits per heavy atom. The number of rotatable bonds is 7. The van der Waals surface area contributed by atoms with Crippen LogP contribution in [0.2, 0.25) is 0 Å². The number of ether oxygens (including phenoxy) is 1. The van der Waals surface area contributed by atoms with Crippen molar-refractivity contribution in [1.29, 1.82) is 0 Å². The number of benzene rings is 1. The van der Waals surface area contributed by atoms with Crippen molar-refractivity contribution >= 4 is 17.8 Å². The lowest BCUT2D eigenvalue weighted by Crippen LogP contribution is -2.06. The summed E-state index contributed by atoms with van der Waals surface area (Å²) in [5.41, 5.74) is 4.65. The molecule has 0 heterocycles. The van der Waals surface area contributed by atoms with Gasteiger partial charge >= 0.3 is 0 Å². The van der Waals surface area contributed by atoms with Crippen LogP contribution in [0.5, 0.6) is 5.75 Å². The standard InChI is InChI=1S/C17H24N2O3/c1-11(2)12(3)13(4)14(5)22-10-19-16-7-6-15(18-9-20)8-17(16)21/h6-9,19,21H,10H2,1-5H3,(H,18,20)/b14-13+. The summed E-state index contributed by atoms with van der Waals surface area (Å²) in [6.45, 7) is 10.4. The molecule has 0 aliphatic carbocycles. The van der Waals surface area contributed by atoms with Gasteiger partial charge in [0.15, 0.2) is 6.73 Å². The van der Waals surface area contributed by atoms with Gasteiger partial charge in [-0.1, -0.05) is 5.57 Å². The highest BCUT2D eigenvalue weighted by Crippen LogP contribution is 2.26. The van der Waals surface area contributed by atoms with Crippen molar-refractivity contribution < 1.29 is 14.6 Å². The molecule has 3 N–H and O–H groups in total. The second-order valence-corrected chi connectivity index (χ2v) is 5.27. The van der Waals surface area contributed by atoms with E-state index in [9.17, 15) is 9.90 Å². The third-order valence-electron chi connectivity index (χ3n) is 3.62. The van der Waals surface area contributed by atoms with Crippen molar-refractivity contribution in [2.75, 3.05) is 17.4 Å². The lowest BCUT2D eigenvalue weighted by atomic mass is 10.0. The lowest BCUT2D eigenvalue weighted by molar-refractivity contribution is -0.105. The zero-order valence-electron chi connectivity index (χ0n) is 13.8. The summed E-state index contributed by atoms with van der Waals surface area (Å²) in [6.07, 6.45) is 0.563. The van der Waals surface area contributed by atoms with E-state index in [1.807, 2.05) is 13.8 Å². The summed E-state index contributed by atoms with van der Waals surface area (Å²) < 4.78 is 5.66. The minimum absolute atomic E-state index is 0.0503. The smallest absolute Gasteiger partial charge is 0.211 e. The van der Waals surface area contributed by atoms with Gasteiger partial charge in [-0.3, -0.25) is 4.79 Å². The Kier molecular flexibility index (Phi) is 6.50. The molecule has 5 heteroatoms. The molecule has 0 spiro atoms. The number of carbonyl (C=O) groups is 1. The normalized spacial score (nSPS) is 11.3. The average Bonchev–Trinajstić information content (AvgIpc) is 2.47. The summed E-state index contributed by atoms with van der Waals surface area (Å²) in [5, 5.41) is 15.3. The van der Waals surface area contributed by atoms with Crippen LogP contribution in [0.4, 0.5) is 11.4 Å². The van der Waals surface area contributed by atoms with Crippen molar-refractivity contribution in [1.82, 2.24) is 0 Å². The van der Waals surface area contributed by atoms with E-state index >= 15 is 0 Å². The first-order valence-electron chi connectivity index (χ1n) is 7.08. The fourth-order valence-corrected chi connectivity index (χ4v) is 1.81. The molecule has 1 aromatic rings. The van der Waals surface area contributed by atoms with Gasteiger partial charge in [-0.05, 0) is 57.9 Å². The van der Waals surface area contributed by atoms with E-state index in [1.165, 1.54) is 17.2 Å². The summed E-state index contributed by atoms with van der Waals surface area (Å²) in [6, 6.07) is 4.84. The number of amides is 1. The first-order valence-corrected chi connectivity index (χ1v) is 7.08. The van der Waals surface area contributed by atoms with Crippen LogP contribution in [0.1, 0.15) is 34.6 Å². The minimum Gasteiger partial charge on any atom is -0.506 e. The maximum Gasteiger partial charge on any atom is 0.211 e. The van der Waals surface area contributed by atoms with E-state index < -0.39 is 0 Å². The molecule has 1 rings (SSSR count). The number of hydrogen-bond donors (Lipinski definition) is 3. The summed E-state index contributed by atoms with van der Waals surface area (Å²) >= 11 is 0. The van der Waals surface area contributed by atoms with Gasteiger partial charge < -0.3 is 20.5 Å². The van der Waals surface area contributed by atoms with Crippen molar-refractivity contribution in [2.45, 2.75) is 34.6 Å². The average molecular weight is 304 g/mol. The number of hydrogen-bond acceptors (Lipinski definition) is 4. The molecule has 0 bridgehead atoms. The molecule has 5 nitrogen and oxygen atoms in total. The summed E-state index contributed by atoms with van der Waals surface area (Å²) in [7, 11) is 0. The number of anilines is 2. The summed E-state index contributed by atoms with van der Waals surface area (Å²) in [4.78, 5) is 10.3. The van der Waals surface area contributed by atoms with Crippen LogP contribution < -0.4 is 10.6 Å². The Balaban J connectivity index is 2.66. The molecule has 1 amide bonds. The molecule has 0 aliphatic heterocycles. The second kappa shape index (κ2) is 8.12. The molecule has 1 aromatic carbocycles. The van der Waals surface area contributed by atoms with E-state index in [0.29, 0.717) is 17.8 Å². The monoisotopic (exact) mass is 304 g/mol. The topological polar surface area (TPSA) is 70.6 Å². The zero-order chi connectivity index (χ0) is 16.7. The van der Waals surface area contributed by atoms with E-state index in [4.69, 9.17) is 4.74 Å². The van der Waals surface area contributed by atoms with Crippen molar-refractivity contribution in [3.8, 4) is 5.75 Å². The van der Waals surface area contributed by atoms with Crippen LogP contribution >= 0.6 is 0 Å². The Labute approximate surface area is 131 Å². The van der Waals surface area contributed by atoms with Gasteiger partial charge in [-0.15, -0.1) is 0 Å². The molecule has 0 atom stereocenters. The van der Waals surface area contributed by atoms with Crippen LogP contribution in [0, 0.1) is 0 Å². The van der Waals surface area contributed by atoms with Crippen LogP contribution in [-0.4, -0.2) is 18.2 Å². The first kappa shape index (κ1) is 17.6. The molecule has 0 aromatic heterocycles. The third kappa shape index (κ3) is 4.84. The zero-order valence-corrected chi connectivity index (χ0v) is 13.8. The maximum absolute atomic E-state index is 10.3. The quantitative estimate of drug-likeness (QED) is 0.234. The third-order valence-corrected chi connectivity index (χ3v) is 3.62. The fourth-order valence-electron chi connectivity index (χ4n) is 1.81. The molecule has 0 aliphatic rings. The number of carbonyl (C=O) groups excluding carboxylic acids is 1. The lowest BCUT2D eigenvalue weighted by Gasteiger charge is -2.14. The highest BCUT2D eigenvalue weighted by Gasteiger charge is 2.04. The molecule has 0 fully saturated rings. The fraction of sp³-hybridized carbons (Fsp3) is 0.353. The minimum atomic E-state index is 0.0503. The SMILES string of the molecule is CC(C)=C(C)/C(C)=C(\C)OCNc1ccc(NC=O)cc1O. The van der Waals surface area contributed by atoms with Crippen molar-refractivity contribution in [3.63, 3.8) is 0 Å². The van der Waals surface area contributed by atoms with Crippen LogP contribution in [0.15, 0.2) is 40.7 Å². The highest BCUT2D eigenvalue weighted by atomic mass is 16.5. The molecule has 22 heavy (non-hydrogen) atoms. The first-order chi connectivity index (χ1) is 10.4. The largest absolute Gasteiger partial charge is 0.506 e. The van der Waals surface area contributed by atoms with Gasteiger partial charge in [-0.2, -0.15) is 0 Å². The van der Waals surface area contributed by atoms with Gasteiger partial charge in [0.05, 0.1) is 11.4 Å². The van der Waals surface area contributed by atoms with E-state index in [0.717, 1.165) is 11.3 Å². The van der Waals surface area contributed by atoms with Crippen LogP contribution in [-0.2, 0) is 9.53 Å². The Morgan fingerprint density at radius 3 is 2.41 bits per heavy atom. The van der Waals surface area contributed by atoms with Gasteiger partial charge in [-0.25, -0.2) is 0 Å². The van der Waals surface area contributed by atoms with Gasteiger partial charge in [0.1, 0.15) is 5.75 Å². The predicted molar refractivity (Wildman–Crippen MR) is 89.8 cm³/mol. The van der Waals surface area contributed by atoms with Gasteiger partial charge in [0, 0.05) is 11.8 Å². The maximum atomic E-state index is 10.3. The molecular weight excluding hydrogens is 280 g/mol. The Bertz CT molecular complexity index is 600. The Morgan fingerprint density at radius 1 is 1.18 bits per heavy atom. The number of aromatic hydroxyl groups is 1. The number of phenols is 1. The molecule has 120 valence electrons. The van der Waals surface area contributed by atoms with E-state index in [-0.39, 0.29) is 12.5 Å². The van der Waals surface area contributed by atoms with Gasteiger partial charge in [0.25, 0.3) is 0 Å². The highest BCUT2D eigenvalue weighted by molar-refractivity contribution is 5.74. The molecule has 0 radical (unpaired) electrons. The number of phenolic OH excluding ortho intramolecular Hbond substituents is 1. The summed E-state index contributed by atoms with van der Waals surface area (Å²) in [5.74, 6) is 0.888. The van der Waals surface area contributed by atoms with Gasteiger partial charge in [0.2, 0.25) is 6.41 Å². The number of nitrogens with one attached hydrogen (secondary N) is 2. The molecule has 0 saturated heterocycles. The van der Waals surface area contributed by atoms with Crippen LogP contribution in [0.3, 0.4) is 0 Å². The molecule has 0 unspecified atom stereocenters. The number of allylic oxidation sites excluding steroid dienone is 4. The Hall–Kier alpha value is -2.43. The molecular formula is C17H24N2O3. The van der Waals surface area contributed by atoms with E-state index in [2.05, 4.69) is 31.4 Å².